The Labute approximate surface area is 104 Å². The lowest BCUT2D eigenvalue weighted by atomic mass is 10.1. The number of carbonyl (C=O) groups is 1. The Hall–Kier alpha value is -2.54. The van der Waals surface area contributed by atoms with Crippen LogP contribution in [0.3, 0.4) is 0 Å². The van der Waals surface area contributed by atoms with E-state index < -0.39 is 12.1 Å². The minimum absolute atomic E-state index is 0.0656. The molecule has 4 nitrogen and oxygen atoms in total. The summed E-state index contributed by atoms with van der Waals surface area (Å²) in [6.07, 6.45) is -0.844. The van der Waals surface area contributed by atoms with Crippen molar-refractivity contribution in [2.45, 2.75) is 13.0 Å². The van der Waals surface area contributed by atoms with E-state index in [9.17, 15) is 9.90 Å². The van der Waals surface area contributed by atoms with Crippen molar-refractivity contribution in [3.05, 3.63) is 42.0 Å². The topological polar surface area (TPSA) is 70.3 Å². The van der Waals surface area contributed by atoms with Gasteiger partial charge in [-0.1, -0.05) is 24.3 Å². The van der Waals surface area contributed by atoms with Gasteiger partial charge in [-0.3, -0.25) is 0 Å². The predicted molar refractivity (Wildman–Crippen MR) is 66.1 cm³/mol. The van der Waals surface area contributed by atoms with Gasteiger partial charge >= 0.3 is 5.97 Å². The standard InChI is InChI=1S/C14H11NO3/c1-9(8-15)18-14(17)12-6-10-4-2-3-5-11(10)7-13(12)16/h2-7,9,16H,1H3/t9-/m0/s1. The second-order valence-corrected chi connectivity index (χ2v) is 3.89. The summed E-state index contributed by atoms with van der Waals surface area (Å²) < 4.78 is 4.86. The lowest BCUT2D eigenvalue weighted by molar-refractivity contribution is 0.0432. The normalized spacial score (nSPS) is 11.8. The van der Waals surface area contributed by atoms with Crippen molar-refractivity contribution >= 4 is 16.7 Å². The molecule has 18 heavy (non-hydrogen) atoms. The fourth-order valence-corrected chi connectivity index (χ4v) is 1.64. The lowest BCUT2D eigenvalue weighted by Crippen LogP contribution is -2.13. The van der Waals surface area contributed by atoms with E-state index in [1.165, 1.54) is 13.0 Å². The molecule has 0 bridgehead atoms. The monoisotopic (exact) mass is 241 g/mol. The van der Waals surface area contributed by atoms with Gasteiger partial charge in [0, 0.05) is 0 Å². The van der Waals surface area contributed by atoms with Crippen LogP contribution < -0.4 is 0 Å². The Bertz CT molecular complexity index is 643. The van der Waals surface area contributed by atoms with Crippen LogP contribution in [0.15, 0.2) is 36.4 Å². The van der Waals surface area contributed by atoms with Crippen LogP contribution in [0.4, 0.5) is 0 Å². The number of aromatic hydroxyl groups is 1. The summed E-state index contributed by atoms with van der Waals surface area (Å²) in [6, 6.07) is 12.2. The summed E-state index contributed by atoms with van der Waals surface area (Å²) in [4.78, 5) is 11.7. The highest BCUT2D eigenvalue weighted by atomic mass is 16.5. The summed E-state index contributed by atoms with van der Waals surface area (Å²) in [6.45, 7) is 1.47. The van der Waals surface area contributed by atoms with Crippen LogP contribution in [-0.2, 0) is 4.74 Å². The van der Waals surface area contributed by atoms with E-state index in [4.69, 9.17) is 10.00 Å². The summed E-state index contributed by atoms with van der Waals surface area (Å²) in [5, 5.41) is 20.0. The molecule has 90 valence electrons. The van der Waals surface area contributed by atoms with Crippen LogP contribution in [0.1, 0.15) is 17.3 Å². The number of phenols is 1. The van der Waals surface area contributed by atoms with Crippen molar-refractivity contribution in [3.8, 4) is 11.8 Å². The third kappa shape index (κ3) is 2.25. The van der Waals surface area contributed by atoms with Crippen molar-refractivity contribution in [3.63, 3.8) is 0 Å². The molecule has 0 radical (unpaired) electrons. The number of hydrogen-bond donors (Lipinski definition) is 1. The minimum atomic E-state index is -0.844. The van der Waals surface area contributed by atoms with Crippen molar-refractivity contribution < 1.29 is 14.6 Å². The van der Waals surface area contributed by atoms with E-state index in [0.29, 0.717) is 0 Å². The van der Waals surface area contributed by atoms with Crippen LogP contribution in [0, 0.1) is 11.3 Å². The molecule has 2 aromatic carbocycles. The Kier molecular flexibility index (Phi) is 3.16. The Morgan fingerprint density at radius 1 is 1.33 bits per heavy atom. The number of carbonyl (C=O) groups excluding carboxylic acids is 1. The molecule has 0 aliphatic rings. The van der Waals surface area contributed by atoms with Crippen molar-refractivity contribution in [2.24, 2.45) is 0 Å². The van der Waals surface area contributed by atoms with E-state index in [0.717, 1.165) is 10.8 Å². The van der Waals surface area contributed by atoms with Gasteiger partial charge in [0.2, 0.25) is 0 Å². The molecule has 0 spiro atoms. The zero-order valence-corrected chi connectivity index (χ0v) is 9.75. The van der Waals surface area contributed by atoms with E-state index in [1.807, 2.05) is 24.3 Å². The largest absolute Gasteiger partial charge is 0.507 e. The maximum Gasteiger partial charge on any atom is 0.343 e. The van der Waals surface area contributed by atoms with E-state index in [1.54, 1.807) is 12.1 Å². The average molecular weight is 241 g/mol. The van der Waals surface area contributed by atoms with Gasteiger partial charge in [-0.05, 0) is 29.8 Å². The van der Waals surface area contributed by atoms with E-state index in [-0.39, 0.29) is 11.3 Å². The molecule has 0 saturated heterocycles. The molecular weight excluding hydrogens is 230 g/mol. The Balaban J connectivity index is 2.42. The van der Waals surface area contributed by atoms with Gasteiger partial charge in [0.1, 0.15) is 17.4 Å². The third-order valence-corrected chi connectivity index (χ3v) is 2.55. The first-order valence-corrected chi connectivity index (χ1v) is 5.44. The number of ether oxygens (including phenoxy) is 1. The third-order valence-electron chi connectivity index (χ3n) is 2.55. The second-order valence-electron chi connectivity index (χ2n) is 3.89. The molecule has 1 atom stereocenters. The zero-order chi connectivity index (χ0) is 13.1. The average Bonchev–Trinajstić information content (AvgIpc) is 2.37. The number of nitrogens with zero attached hydrogens (tertiary/aromatic N) is 1. The highest BCUT2D eigenvalue weighted by Crippen LogP contribution is 2.25. The van der Waals surface area contributed by atoms with Gasteiger partial charge in [0.25, 0.3) is 0 Å². The molecule has 0 unspecified atom stereocenters. The molecule has 0 aliphatic carbocycles. The molecule has 0 fully saturated rings. The number of benzene rings is 2. The molecule has 0 aliphatic heterocycles. The molecule has 0 saturated carbocycles. The van der Waals surface area contributed by atoms with Crippen LogP contribution in [0.5, 0.6) is 5.75 Å². The van der Waals surface area contributed by atoms with Gasteiger partial charge in [0.15, 0.2) is 6.10 Å². The number of hydrogen-bond acceptors (Lipinski definition) is 4. The van der Waals surface area contributed by atoms with Gasteiger partial charge in [0.05, 0.1) is 0 Å². The fraction of sp³-hybridized carbons (Fsp3) is 0.143. The number of esters is 1. The lowest BCUT2D eigenvalue weighted by Gasteiger charge is -2.08. The van der Waals surface area contributed by atoms with Gasteiger partial charge < -0.3 is 9.84 Å². The molecule has 0 heterocycles. The maximum absolute atomic E-state index is 11.7. The van der Waals surface area contributed by atoms with Crippen LogP contribution in [0.2, 0.25) is 0 Å². The SMILES string of the molecule is C[C@@H](C#N)OC(=O)c1cc2ccccc2cc1O. The van der Waals surface area contributed by atoms with Crippen molar-refractivity contribution in [1.82, 2.24) is 0 Å². The molecule has 2 rings (SSSR count). The molecule has 2 aromatic rings. The summed E-state index contributed by atoms with van der Waals surface area (Å²) >= 11 is 0. The Morgan fingerprint density at radius 2 is 1.94 bits per heavy atom. The van der Waals surface area contributed by atoms with Gasteiger partial charge in [-0.2, -0.15) is 5.26 Å². The van der Waals surface area contributed by atoms with E-state index >= 15 is 0 Å². The van der Waals surface area contributed by atoms with Crippen molar-refractivity contribution in [2.75, 3.05) is 0 Å². The number of fused-ring (bicyclic) bond motifs is 1. The molecule has 1 N–H and O–H groups in total. The first-order chi connectivity index (χ1) is 8.61. The summed E-state index contributed by atoms with van der Waals surface area (Å²) in [7, 11) is 0. The number of nitriles is 1. The van der Waals surface area contributed by atoms with Crippen LogP contribution in [-0.4, -0.2) is 17.2 Å². The molecular formula is C14H11NO3. The summed E-state index contributed by atoms with van der Waals surface area (Å²) in [5.41, 5.74) is 0.0656. The first kappa shape index (κ1) is 11.9. The summed E-state index contributed by atoms with van der Waals surface area (Å²) in [5.74, 6) is -0.851. The van der Waals surface area contributed by atoms with Crippen molar-refractivity contribution in [1.29, 1.82) is 5.26 Å². The van der Waals surface area contributed by atoms with Crippen LogP contribution in [0.25, 0.3) is 10.8 Å². The smallest absolute Gasteiger partial charge is 0.343 e. The maximum atomic E-state index is 11.7. The van der Waals surface area contributed by atoms with E-state index in [2.05, 4.69) is 0 Å². The molecule has 4 heteroatoms. The zero-order valence-electron chi connectivity index (χ0n) is 9.75. The quantitative estimate of drug-likeness (QED) is 0.820. The first-order valence-electron chi connectivity index (χ1n) is 5.44. The number of phenolic OH excluding ortho intramolecular Hbond substituents is 1. The number of rotatable bonds is 2. The molecule has 0 amide bonds. The van der Waals surface area contributed by atoms with Crippen LogP contribution >= 0.6 is 0 Å². The molecule has 0 aromatic heterocycles. The predicted octanol–water partition coefficient (Wildman–Crippen LogP) is 2.61. The fourth-order valence-electron chi connectivity index (χ4n) is 1.64. The second kappa shape index (κ2) is 4.76. The van der Waals surface area contributed by atoms with Gasteiger partial charge in [-0.25, -0.2) is 4.79 Å². The minimum Gasteiger partial charge on any atom is -0.507 e. The highest BCUT2D eigenvalue weighted by Gasteiger charge is 2.16. The Morgan fingerprint density at radius 3 is 2.56 bits per heavy atom. The highest BCUT2D eigenvalue weighted by molar-refractivity contribution is 5.98. The van der Waals surface area contributed by atoms with Gasteiger partial charge in [-0.15, -0.1) is 0 Å².